The molecular formula is C24H16FN3O3S. The number of carbonyl (C=O) groups excluding carboxylic acids is 2. The van der Waals surface area contributed by atoms with Crippen molar-refractivity contribution in [3.8, 4) is 0 Å². The zero-order valence-electron chi connectivity index (χ0n) is 16.8. The van der Waals surface area contributed by atoms with Gasteiger partial charge in [0.15, 0.2) is 5.13 Å². The Balaban J connectivity index is 1.72. The maximum absolute atomic E-state index is 13.7. The number of Topliss-reactive ketones (excluding diaryl/α,β-unsaturated/α-hetero) is 1. The van der Waals surface area contributed by atoms with E-state index in [1.807, 2.05) is 19.1 Å². The maximum atomic E-state index is 13.7. The van der Waals surface area contributed by atoms with Crippen LogP contribution in [0, 0.1) is 12.7 Å². The molecule has 0 aliphatic carbocycles. The Kier molecular flexibility index (Phi) is 4.79. The Morgan fingerprint density at radius 3 is 2.62 bits per heavy atom. The fourth-order valence-corrected chi connectivity index (χ4v) is 4.76. The summed E-state index contributed by atoms with van der Waals surface area (Å²) in [4.78, 5) is 36.1. The molecule has 5 rings (SSSR count). The summed E-state index contributed by atoms with van der Waals surface area (Å²) >= 11 is 1.10. The Labute approximate surface area is 186 Å². The third-order valence-corrected chi connectivity index (χ3v) is 6.33. The topological polar surface area (TPSA) is 83.4 Å². The molecular weight excluding hydrogens is 429 g/mol. The van der Waals surface area contributed by atoms with Gasteiger partial charge >= 0.3 is 5.91 Å². The van der Waals surface area contributed by atoms with Gasteiger partial charge < -0.3 is 5.11 Å². The molecule has 1 unspecified atom stereocenters. The molecule has 8 heteroatoms. The number of halogens is 1. The maximum Gasteiger partial charge on any atom is 0.301 e. The van der Waals surface area contributed by atoms with E-state index in [2.05, 4.69) is 9.97 Å². The Morgan fingerprint density at radius 1 is 1.12 bits per heavy atom. The number of carbonyl (C=O) groups is 2. The summed E-state index contributed by atoms with van der Waals surface area (Å²) < 4.78 is 14.2. The minimum Gasteiger partial charge on any atom is -0.507 e. The third-order valence-electron chi connectivity index (χ3n) is 5.31. The summed E-state index contributed by atoms with van der Waals surface area (Å²) in [7, 11) is 0. The lowest BCUT2D eigenvalue weighted by molar-refractivity contribution is -0.132. The zero-order valence-corrected chi connectivity index (χ0v) is 17.6. The fourth-order valence-electron chi connectivity index (χ4n) is 3.74. The van der Waals surface area contributed by atoms with E-state index in [0.717, 1.165) is 16.9 Å². The third kappa shape index (κ3) is 3.25. The van der Waals surface area contributed by atoms with E-state index in [-0.39, 0.29) is 16.5 Å². The number of hydrogen-bond donors (Lipinski definition) is 1. The van der Waals surface area contributed by atoms with Gasteiger partial charge in [0.25, 0.3) is 5.78 Å². The van der Waals surface area contributed by atoms with Crippen LogP contribution in [0.1, 0.15) is 22.7 Å². The lowest BCUT2D eigenvalue weighted by Crippen LogP contribution is -2.29. The first-order chi connectivity index (χ1) is 15.4. The van der Waals surface area contributed by atoms with Crippen molar-refractivity contribution in [1.29, 1.82) is 0 Å². The molecule has 0 saturated carbocycles. The quantitative estimate of drug-likeness (QED) is 0.279. The summed E-state index contributed by atoms with van der Waals surface area (Å²) in [6.07, 6.45) is 3.12. The molecule has 0 radical (unpaired) electrons. The number of benzene rings is 2. The van der Waals surface area contributed by atoms with Gasteiger partial charge in [0, 0.05) is 18.0 Å². The number of rotatable bonds is 3. The number of ketones is 1. The number of aromatic nitrogens is 2. The molecule has 32 heavy (non-hydrogen) atoms. The molecule has 1 amide bonds. The van der Waals surface area contributed by atoms with Crippen molar-refractivity contribution in [3.63, 3.8) is 0 Å². The van der Waals surface area contributed by atoms with Crippen LogP contribution in [0.15, 0.2) is 72.6 Å². The standard InChI is InChI=1S/C24H16FN3O3S/c1-13-4-6-14(7-5-13)21(29)19-20(15-3-2-10-26-12-15)28(23(31)22(19)30)24-27-17-9-8-16(25)11-18(17)32-24/h2-12,20,29H,1H3. The second-order valence-corrected chi connectivity index (χ2v) is 8.44. The molecule has 4 aromatic rings. The second kappa shape index (κ2) is 7.65. The van der Waals surface area contributed by atoms with E-state index >= 15 is 0 Å². The van der Waals surface area contributed by atoms with E-state index in [4.69, 9.17) is 0 Å². The molecule has 2 aromatic heterocycles. The number of hydrogen-bond acceptors (Lipinski definition) is 6. The molecule has 0 bridgehead atoms. The van der Waals surface area contributed by atoms with Crippen molar-refractivity contribution in [2.45, 2.75) is 13.0 Å². The number of fused-ring (bicyclic) bond motifs is 1. The van der Waals surface area contributed by atoms with Gasteiger partial charge in [0.2, 0.25) is 0 Å². The first kappa shape index (κ1) is 20.0. The number of aliphatic hydroxyl groups is 1. The highest BCUT2D eigenvalue weighted by Gasteiger charge is 2.48. The van der Waals surface area contributed by atoms with Crippen LogP contribution in [0.25, 0.3) is 16.0 Å². The number of anilines is 1. The molecule has 0 spiro atoms. The minimum absolute atomic E-state index is 0.0442. The second-order valence-electron chi connectivity index (χ2n) is 7.43. The van der Waals surface area contributed by atoms with Crippen LogP contribution in [0.4, 0.5) is 9.52 Å². The van der Waals surface area contributed by atoms with Gasteiger partial charge in [0.1, 0.15) is 11.6 Å². The van der Waals surface area contributed by atoms with E-state index in [9.17, 15) is 19.1 Å². The van der Waals surface area contributed by atoms with Crippen LogP contribution in [0.5, 0.6) is 0 Å². The fraction of sp³-hybridized carbons (Fsp3) is 0.0833. The summed E-state index contributed by atoms with van der Waals surface area (Å²) in [6.45, 7) is 1.91. The zero-order chi connectivity index (χ0) is 22.4. The van der Waals surface area contributed by atoms with Gasteiger partial charge in [-0.1, -0.05) is 47.2 Å². The number of nitrogens with zero attached hydrogens (tertiary/aromatic N) is 3. The number of amides is 1. The molecule has 1 N–H and O–H groups in total. The molecule has 158 valence electrons. The largest absolute Gasteiger partial charge is 0.507 e. The van der Waals surface area contributed by atoms with Crippen LogP contribution >= 0.6 is 11.3 Å². The van der Waals surface area contributed by atoms with Crippen LogP contribution in [0.2, 0.25) is 0 Å². The van der Waals surface area contributed by atoms with Gasteiger partial charge in [0.05, 0.1) is 21.8 Å². The summed E-state index contributed by atoms with van der Waals surface area (Å²) in [5.41, 5.74) is 2.43. The van der Waals surface area contributed by atoms with Gasteiger partial charge in [-0.15, -0.1) is 0 Å². The molecule has 6 nitrogen and oxygen atoms in total. The molecule has 1 aliphatic rings. The minimum atomic E-state index is -0.921. The van der Waals surface area contributed by atoms with Crippen molar-refractivity contribution in [1.82, 2.24) is 9.97 Å². The van der Waals surface area contributed by atoms with Gasteiger partial charge in [-0.05, 0) is 36.8 Å². The van der Waals surface area contributed by atoms with Gasteiger partial charge in [-0.2, -0.15) is 0 Å². The van der Waals surface area contributed by atoms with E-state index in [1.54, 1.807) is 36.7 Å². The molecule has 1 saturated heterocycles. The highest BCUT2D eigenvalue weighted by atomic mass is 32.1. The van der Waals surface area contributed by atoms with Crippen LogP contribution in [-0.4, -0.2) is 26.8 Å². The smallest absolute Gasteiger partial charge is 0.301 e. The summed E-state index contributed by atoms with van der Waals surface area (Å²) in [6, 6.07) is 13.6. The van der Waals surface area contributed by atoms with Crippen LogP contribution < -0.4 is 4.90 Å². The normalized spacial score (nSPS) is 17.9. The summed E-state index contributed by atoms with van der Waals surface area (Å²) in [5, 5.41) is 11.3. The van der Waals surface area contributed by atoms with Gasteiger partial charge in [-0.25, -0.2) is 9.37 Å². The number of aliphatic hydroxyl groups excluding tert-OH is 1. The van der Waals surface area contributed by atoms with Crippen LogP contribution in [0.3, 0.4) is 0 Å². The number of thiazole rings is 1. The number of aryl methyl sites for hydroxylation is 1. The van der Waals surface area contributed by atoms with E-state index < -0.39 is 23.5 Å². The average Bonchev–Trinajstić information content (AvgIpc) is 3.32. The van der Waals surface area contributed by atoms with Crippen molar-refractivity contribution in [2.75, 3.05) is 4.90 Å². The highest BCUT2D eigenvalue weighted by molar-refractivity contribution is 7.22. The lowest BCUT2D eigenvalue weighted by atomic mass is 9.96. The van der Waals surface area contributed by atoms with Crippen molar-refractivity contribution in [2.24, 2.45) is 0 Å². The monoisotopic (exact) mass is 445 g/mol. The SMILES string of the molecule is Cc1ccc(C(O)=C2C(=O)C(=O)N(c3nc4ccc(F)cc4s3)C2c2cccnc2)cc1. The molecule has 1 atom stereocenters. The summed E-state index contributed by atoms with van der Waals surface area (Å²) in [5.74, 6) is -2.32. The highest BCUT2D eigenvalue weighted by Crippen LogP contribution is 2.44. The first-order valence-electron chi connectivity index (χ1n) is 9.78. The van der Waals surface area contributed by atoms with Crippen LogP contribution in [-0.2, 0) is 9.59 Å². The Morgan fingerprint density at radius 2 is 1.91 bits per heavy atom. The molecule has 3 heterocycles. The Bertz CT molecular complexity index is 1400. The predicted molar refractivity (Wildman–Crippen MR) is 120 cm³/mol. The Hall–Kier alpha value is -3.91. The van der Waals surface area contributed by atoms with Crippen molar-refractivity contribution < 1.29 is 19.1 Å². The van der Waals surface area contributed by atoms with E-state index in [1.165, 1.54) is 23.1 Å². The lowest BCUT2D eigenvalue weighted by Gasteiger charge is -2.22. The average molecular weight is 445 g/mol. The van der Waals surface area contributed by atoms with Gasteiger partial charge in [-0.3, -0.25) is 19.5 Å². The van der Waals surface area contributed by atoms with Crippen molar-refractivity contribution in [3.05, 3.63) is 95.1 Å². The first-order valence-corrected chi connectivity index (χ1v) is 10.6. The predicted octanol–water partition coefficient (Wildman–Crippen LogP) is 4.77. The molecule has 1 aliphatic heterocycles. The molecule has 2 aromatic carbocycles. The number of pyridine rings is 1. The van der Waals surface area contributed by atoms with E-state index in [0.29, 0.717) is 21.3 Å². The molecule has 1 fully saturated rings. The van der Waals surface area contributed by atoms with Crippen molar-refractivity contribution >= 4 is 44.1 Å².